The Labute approximate surface area is 199 Å². The first kappa shape index (κ1) is 22.1. The van der Waals surface area contributed by atoms with E-state index in [9.17, 15) is 9.59 Å². The molecule has 1 fully saturated rings. The highest BCUT2D eigenvalue weighted by atomic mass is 32.1. The second-order valence-electron chi connectivity index (χ2n) is 7.73. The summed E-state index contributed by atoms with van der Waals surface area (Å²) in [5, 5.41) is 3.31. The summed E-state index contributed by atoms with van der Waals surface area (Å²) in [5.41, 5.74) is 2.74. The van der Waals surface area contributed by atoms with Gasteiger partial charge >= 0.3 is 0 Å². The maximum absolute atomic E-state index is 13.2. The molecule has 1 aliphatic heterocycles. The van der Waals surface area contributed by atoms with Crippen LogP contribution in [0.5, 0.6) is 5.75 Å². The third-order valence-electron chi connectivity index (χ3n) is 5.67. The van der Waals surface area contributed by atoms with Crippen LogP contribution in [0.15, 0.2) is 53.6 Å². The molecule has 4 aromatic rings. The number of pyridine rings is 2. The number of thiazole rings is 1. The number of methoxy groups -OCH3 is 1. The zero-order valence-electron chi connectivity index (χ0n) is 18.5. The molecule has 174 valence electrons. The lowest BCUT2D eigenvalue weighted by Gasteiger charge is -2.29. The Bertz CT molecular complexity index is 1380. The average molecular weight is 478 g/mol. The van der Waals surface area contributed by atoms with Gasteiger partial charge in [-0.05, 0) is 30.3 Å². The fourth-order valence-electron chi connectivity index (χ4n) is 3.99. The summed E-state index contributed by atoms with van der Waals surface area (Å²) < 4.78 is 11.9. The first-order valence-corrected chi connectivity index (χ1v) is 11.7. The summed E-state index contributed by atoms with van der Waals surface area (Å²) in [6.45, 7) is 2.89. The van der Waals surface area contributed by atoms with Crippen LogP contribution in [-0.2, 0) is 11.2 Å². The zero-order valence-corrected chi connectivity index (χ0v) is 19.4. The van der Waals surface area contributed by atoms with Gasteiger partial charge in [0.2, 0.25) is 0 Å². The lowest BCUT2D eigenvalue weighted by atomic mass is 10.0. The molecule has 10 heteroatoms. The van der Waals surface area contributed by atoms with E-state index in [0.717, 1.165) is 23.5 Å². The Kier molecular flexibility index (Phi) is 6.24. The molecule has 34 heavy (non-hydrogen) atoms. The van der Waals surface area contributed by atoms with E-state index in [2.05, 4.69) is 25.2 Å². The summed E-state index contributed by atoms with van der Waals surface area (Å²) in [6.07, 6.45) is 3.37. The number of hydrogen-bond acceptors (Lipinski definition) is 8. The average Bonchev–Trinajstić information content (AvgIpc) is 3.29. The molecule has 1 saturated heterocycles. The normalized spacial score (nSPS) is 13.7. The van der Waals surface area contributed by atoms with Gasteiger partial charge in [0.1, 0.15) is 11.3 Å². The van der Waals surface area contributed by atoms with Crippen LogP contribution >= 0.6 is 11.3 Å². The van der Waals surface area contributed by atoms with Gasteiger partial charge in [0.25, 0.3) is 11.5 Å². The van der Waals surface area contributed by atoms with Crippen LogP contribution in [-0.4, -0.2) is 54.3 Å². The minimum atomic E-state index is -0.400. The zero-order chi connectivity index (χ0) is 23.5. The van der Waals surface area contributed by atoms with Crippen LogP contribution in [0.1, 0.15) is 21.6 Å². The van der Waals surface area contributed by atoms with E-state index in [4.69, 9.17) is 9.47 Å². The third-order valence-corrected chi connectivity index (χ3v) is 6.66. The van der Waals surface area contributed by atoms with Gasteiger partial charge in [0.15, 0.2) is 5.13 Å². The number of morpholine rings is 1. The van der Waals surface area contributed by atoms with Crippen molar-refractivity contribution in [1.29, 1.82) is 0 Å². The van der Waals surface area contributed by atoms with Crippen molar-refractivity contribution in [1.82, 2.24) is 15.0 Å². The number of ether oxygens (including phenoxy) is 2. The number of rotatable bonds is 6. The predicted octanol–water partition coefficient (Wildman–Crippen LogP) is 3.07. The first-order chi connectivity index (χ1) is 16.6. The Morgan fingerprint density at radius 1 is 1.24 bits per heavy atom. The van der Waals surface area contributed by atoms with Crippen LogP contribution in [0, 0.1) is 0 Å². The maximum Gasteiger partial charge on any atom is 0.257 e. The highest BCUT2D eigenvalue weighted by Crippen LogP contribution is 2.39. The van der Waals surface area contributed by atoms with Crippen molar-refractivity contribution < 1.29 is 14.3 Å². The molecule has 1 aromatic carbocycles. The van der Waals surface area contributed by atoms with E-state index < -0.39 is 5.91 Å². The van der Waals surface area contributed by atoms with Crippen molar-refractivity contribution in [2.24, 2.45) is 0 Å². The smallest absolute Gasteiger partial charge is 0.257 e. The number of aromatic amines is 1. The number of hydrogen-bond donors (Lipinski definition) is 2. The number of aromatic nitrogens is 3. The second kappa shape index (κ2) is 9.62. The van der Waals surface area contributed by atoms with Crippen LogP contribution in [0.4, 0.5) is 10.8 Å². The van der Waals surface area contributed by atoms with Crippen molar-refractivity contribution in [3.8, 4) is 5.75 Å². The van der Waals surface area contributed by atoms with Gasteiger partial charge in [0.05, 0.1) is 36.3 Å². The number of benzene rings is 1. The number of nitrogens with zero attached hydrogens (tertiary/aromatic N) is 3. The molecule has 0 bridgehead atoms. The topological polar surface area (TPSA) is 109 Å². The summed E-state index contributed by atoms with van der Waals surface area (Å²) in [7, 11) is 1.60. The molecule has 1 aliphatic rings. The van der Waals surface area contributed by atoms with E-state index in [-0.39, 0.29) is 17.5 Å². The number of fused-ring (bicyclic) bond motifs is 1. The van der Waals surface area contributed by atoms with Gasteiger partial charge in [-0.3, -0.25) is 19.9 Å². The number of carbonyl (C=O) groups excluding carboxylic acids is 1. The summed E-state index contributed by atoms with van der Waals surface area (Å²) in [5.74, 6) is 0.235. The molecule has 1 amide bonds. The Balaban J connectivity index is 1.47. The van der Waals surface area contributed by atoms with Gasteiger partial charge in [0, 0.05) is 43.2 Å². The minimum Gasteiger partial charge on any atom is -0.494 e. The van der Waals surface area contributed by atoms with Crippen molar-refractivity contribution in [2.75, 3.05) is 43.6 Å². The van der Waals surface area contributed by atoms with Crippen LogP contribution in [0.25, 0.3) is 10.2 Å². The van der Waals surface area contributed by atoms with Gasteiger partial charge < -0.3 is 19.4 Å². The fraction of sp³-hybridized carbons (Fsp3) is 0.250. The number of amides is 1. The van der Waals surface area contributed by atoms with E-state index >= 15 is 0 Å². The van der Waals surface area contributed by atoms with Crippen molar-refractivity contribution in [2.45, 2.75) is 6.42 Å². The molecule has 0 atom stereocenters. The van der Waals surface area contributed by atoms with Crippen LogP contribution in [0.2, 0.25) is 0 Å². The highest BCUT2D eigenvalue weighted by molar-refractivity contribution is 7.23. The molecule has 0 aliphatic carbocycles. The second-order valence-corrected chi connectivity index (χ2v) is 8.73. The standard InChI is InChI=1S/C24H23N5O4S/c1-32-19-6-5-18(29-10-12-33-13-11-29)21-20(19)27-24(34-21)28-23(31)16-7-9-26-22(30)17(16)14-15-4-2-3-8-25-15/h2-9H,10-14H2,1H3,(H,26,30)(H,27,28,31). The molecule has 0 spiro atoms. The van der Waals surface area contributed by atoms with E-state index in [0.29, 0.717) is 40.9 Å². The third kappa shape index (κ3) is 4.37. The Morgan fingerprint density at radius 3 is 2.85 bits per heavy atom. The highest BCUT2D eigenvalue weighted by Gasteiger charge is 2.21. The summed E-state index contributed by atoms with van der Waals surface area (Å²) >= 11 is 1.38. The van der Waals surface area contributed by atoms with E-state index in [1.54, 1.807) is 25.4 Å². The SMILES string of the molecule is COc1ccc(N2CCOCC2)c2sc(NC(=O)c3cc[nH]c(=O)c3Cc3ccccn3)nc12. The van der Waals surface area contributed by atoms with Crippen LogP contribution in [0.3, 0.4) is 0 Å². The molecule has 9 nitrogen and oxygen atoms in total. The van der Waals surface area contributed by atoms with Gasteiger partial charge in [-0.2, -0.15) is 0 Å². The van der Waals surface area contributed by atoms with Crippen molar-refractivity contribution >= 4 is 38.3 Å². The molecule has 5 rings (SSSR count). The quantitative estimate of drug-likeness (QED) is 0.439. The Hall–Kier alpha value is -3.76. The number of nitrogens with one attached hydrogen (secondary N) is 2. The molecular weight excluding hydrogens is 454 g/mol. The van der Waals surface area contributed by atoms with E-state index in [1.807, 2.05) is 24.3 Å². The van der Waals surface area contributed by atoms with Gasteiger partial charge in [-0.15, -0.1) is 0 Å². The summed E-state index contributed by atoms with van der Waals surface area (Å²) in [4.78, 5) is 39.6. The molecule has 4 heterocycles. The van der Waals surface area contributed by atoms with Gasteiger partial charge in [-0.25, -0.2) is 4.98 Å². The van der Waals surface area contributed by atoms with Crippen molar-refractivity contribution in [3.63, 3.8) is 0 Å². The number of anilines is 2. The predicted molar refractivity (Wildman–Crippen MR) is 131 cm³/mol. The van der Waals surface area contributed by atoms with E-state index in [1.165, 1.54) is 17.5 Å². The monoisotopic (exact) mass is 477 g/mol. The summed E-state index contributed by atoms with van der Waals surface area (Å²) in [6, 6.07) is 11.0. The first-order valence-electron chi connectivity index (χ1n) is 10.9. The number of H-pyrrole nitrogens is 1. The molecular formula is C24H23N5O4S. The largest absolute Gasteiger partial charge is 0.494 e. The molecule has 3 aromatic heterocycles. The fourth-order valence-corrected chi connectivity index (χ4v) is 5.01. The lowest BCUT2D eigenvalue weighted by molar-refractivity contribution is 0.102. The van der Waals surface area contributed by atoms with Crippen LogP contribution < -0.4 is 20.5 Å². The Morgan fingerprint density at radius 2 is 2.09 bits per heavy atom. The maximum atomic E-state index is 13.2. The molecule has 2 N–H and O–H groups in total. The number of carbonyl (C=O) groups is 1. The van der Waals surface area contributed by atoms with Crippen molar-refractivity contribution in [3.05, 3.63) is 76.0 Å². The molecule has 0 radical (unpaired) electrons. The molecule has 0 saturated carbocycles. The molecule has 0 unspecified atom stereocenters. The lowest BCUT2D eigenvalue weighted by Crippen LogP contribution is -2.36. The van der Waals surface area contributed by atoms with Gasteiger partial charge in [-0.1, -0.05) is 17.4 Å². The minimum absolute atomic E-state index is 0.245.